The molecule has 2 rings (SSSR count). The molecule has 1 atom stereocenters. The van der Waals surface area contributed by atoms with Gasteiger partial charge < -0.3 is 0 Å². The van der Waals surface area contributed by atoms with Crippen molar-refractivity contribution in [2.75, 3.05) is 11.6 Å². The SMILES string of the molecule is O=C1C(C(F)(F)F)CNN1c1ccc(Br)cc1. The highest BCUT2D eigenvalue weighted by Crippen LogP contribution is 2.32. The van der Waals surface area contributed by atoms with Gasteiger partial charge in [-0.05, 0) is 24.3 Å². The second-order valence-electron chi connectivity index (χ2n) is 3.61. The van der Waals surface area contributed by atoms with Crippen molar-refractivity contribution in [2.24, 2.45) is 5.92 Å². The van der Waals surface area contributed by atoms with Crippen molar-refractivity contribution in [1.82, 2.24) is 5.43 Å². The van der Waals surface area contributed by atoms with E-state index in [0.717, 1.165) is 9.48 Å². The van der Waals surface area contributed by atoms with Crippen LogP contribution in [0.3, 0.4) is 0 Å². The van der Waals surface area contributed by atoms with Crippen LogP contribution >= 0.6 is 15.9 Å². The molecule has 3 nitrogen and oxygen atoms in total. The third kappa shape index (κ3) is 2.44. The normalized spacial score (nSPS) is 21.1. The van der Waals surface area contributed by atoms with Gasteiger partial charge in [-0.15, -0.1) is 0 Å². The largest absolute Gasteiger partial charge is 0.401 e. The summed E-state index contributed by atoms with van der Waals surface area (Å²) >= 11 is 3.21. The second kappa shape index (κ2) is 4.30. The quantitative estimate of drug-likeness (QED) is 0.864. The number of nitrogens with one attached hydrogen (secondary N) is 1. The number of halogens is 4. The molecule has 0 saturated carbocycles. The van der Waals surface area contributed by atoms with Crippen LogP contribution in [-0.2, 0) is 4.79 Å². The fraction of sp³-hybridized carbons (Fsp3) is 0.300. The average molecular weight is 309 g/mol. The number of hydrazine groups is 1. The maximum Gasteiger partial charge on any atom is 0.401 e. The van der Waals surface area contributed by atoms with Gasteiger partial charge >= 0.3 is 6.18 Å². The van der Waals surface area contributed by atoms with Crippen LogP contribution in [0.2, 0.25) is 0 Å². The number of rotatable bonds is 1. The van der Waals surface area contributed by atoms with Gasteiger partial charge in [0.05, 0.1) is 5.69 Å². The molecule has 1 aliphatic rings. The van der Waals surface area contributed by atoms with Gasteiger partial charge in [-0.3, -0.25) is 4.79 Å². The van der Waals surface area contributed by atoms with Gasteiger partial charge in [0.25, 0.3) is 5.91 Å². The Morgan fingerprint density at radius 2 is 1.88 bits per heavy atom. The van der Waals surface area contributed by atoms with Crippen molar-refractivity contribution in [3.63, 3.8) is 0 Å². The lowest BCUT2D eigenvalue weighted by atomic mass is 10.1. The molecule has 92 valence electrons. The molecule has 1 unspecified atom stereocenters. The average Bonchev–Trinajstić information content (AvgIpc) is 2.61. The van der Waals surface area contributed by atoms with E-state index in [-0.39, 0.29) is 0 Å². The van der Waals surface area contributed by atoms with Crippen LogP contribution in [0.15, 0.2) is 28.7 Å². The molecule has 1 N–H and O–H groups in total. The Morgan fingerprint density at radius 3 is 2.35 bits per heavy atom. The minimum atomic E-state index is -4.51. The summed E-state index contributed by atoms with van der Waals surface area (Å²) in [6.45, 7) is -0.418. The third-order valence-corrected chi connectivity index (χ3v) is 2.98. The van der Waals surface area contributed by atoms with Crippen LogP contribution in [0.4, 0.5) is 18.9 Å². The summed E-state index contributed by atoms with van der Waals surface area (Å²) < 4.78 is 38.2. The fourth-order valence-electron chi connectivity index (χ4n) is 1.57. The standard InChI is InChI=1S/C10H8BrF3N2O/c11-6-1-3-7(4-2-6)16-9(17)8(5-15-16)10(12,13)14/h1-4,8,15H,5H2. The summed E-state index contributed by atoms with van der Waals surface area (Å²) in [4.78, 5) is 11.6. The molecule has 1 aliphatic heterocycles. The monoisotopic (exact) mass is 308 g/mol. The number of benzene rings is 1. The van der Waals surface area contributed by atoms with Crippen molar-refractivity contribution in [3.05, 3.63) is 28.7 Å². The highest BCUT2D eigenvalue weighted by Gasteiger charge is 2.50. The zero-order valence-electron chi connectivity index (χ0n) is 8.46. The molecule has 7 heteroatoms. The van der Waals surface area contributed by atoms with Gasteiger partial charge in [0.15, 0.2) is 0 Å². The minimum Gasteiger partial charge on any atom is -0.272 e. The van der Waals surface area contributed by atoms with Crippen LogP contribution < -0.4 is 10.4 Å². The molecule has 0 spiro atoms. The molecule has 1 aromatic carbocycles. The molecule has 0 bridgehead atoms. The van der Waals surface area contributed by atoms with E-state index in [1.54, 1.807) is 24.3 Å². The topological polar surface area (TPSA) is 32.3 Å². The van der Waals surface area contributed by atoms with E-state index >= 15 is 0 Å². The smallest absolute Gasteiger partial charge is 0.272 e. The summed E-state index contributed by atoms with van der Waals surface area (Å²) in [7, 11) is 0. The van der Waals surface area contributed by atoms with Crippen LogP contribution in [0.5, 0.6) is 0 Å². The lowest BCUT2D eigenvalue weighted by Crippen LogP contribution is -2.36. The highest BCUT2D eigenvalue weighted by molar-refractivity contribution is 9.10. The zero-order chi connectivity index (χ0) is 12.6. The van der Waals surface area contributed by atoms with Gasteiger partial charge in [-0.25, -0.2) is 10.4 Å². The van der Waals surface area contributed by atoms with Gasteiger partial charge in [-0.2, -0.15) is 13.2 Å². The molecular formula is C10H8BrF3N2O. The van der Waals surface area contributed by atoms with E-state index in [0.29, 0.717) is 5.69 Å². The van der Waals surface area contributed by atoms with Crippen LogP contribution in [0.1, 0.15) is 0 Å². The van der Waals surface area contributed by atoms with Crippen molar-refractivity contribution >= 4 is 27.5 Å². The Hall–Kier alpha value is -1.08. The number of carbonyl (C=O) groups excluding carboxylic acids is 1. The molecule has 1 amide bonds. The Labute approximate surface area is 104 Å². The first kappa shape index (κ1) is 12.4. The third-order valence-electron chi connectivity index (χ3n) is 2.45. The molecule has 1 aromatic rings. The summed E-state index contributed by atoms with van der Waals surface area (Å²) in [6, 6.07) is 6.44. The van der Waals surface area contributed by atoms with E-state index in [9.17, 15) is 18.0 Å². The molecule has 17 heavy (non-hydrogen) atoms. The van der Waals surface area contributed by atoms with Gasteiger partial charge in [0.1, 0.15) is 5.92 Å². The first-order valence-electron chi connectivity index (χ1n) is 4.79. The van der Waals surface area contributed by atoms with Crippen LogP contribution in [0.25, 0.3) is 0 Å². The number of nitrogens with zero attached hydrogens (tertiary/aromatic N) is 1. The van der Waals surface area contributed by atoms with Gasteiger partial charge in [-0.1, -0.05) is 15.9 Å². The lowest BCUT2D eigenvalue weighted by molar-refractivity contribution is -0.174. The molecule has 1 fully saturated rings. The van der Waals surface area contributed by atoms with E-state index < -0.39 is 24.5 Å². The molecule has 1 heterocycles. The first-order chi connectivity index (χ1) is 7.89. The molecule has 1 saturated heterocycles. The van der Waals surface area contributed by atoms with Crippen LogP contribution in [0, 0.1) is 5.92 Å². The number of hydrogen-bond donors (Lipinski definition) is 1. The Bertz CT molecular complexity index is 432. The summed E-state index contributed by atoms with van der Waals surface area (Å²) in [5.74, 6) is -2.94. The van der Waals surface area contributed by atoms with Gasteiger partial charge in [0, 0.05) is 11.0 Å². The first-order valence-corrected chi connectivity index (χ1v) is 5.58. The molecular weight excluding hydrogens is 301 g/mol. The second-order valence-corrected chi connectivity index (χ2v) is 4.52. The van der Waals surface area contributed by atoms with E-state index in [1.165, 1.54) is 0 Å². The highest BCUT2D eigenvalue weighted by atomic mass is 79.9. The maximum atomic E-state index is 12.5. The Kier molecular flexibility index (Phi) is 3.13. The summed E-state index contributed by atoms with van der Waals surface area (Å²) in [6.07, 6.45) is -4.51. The maximum absolute atomic E-state index is 12.5. The Morgan fingerprint density at radius 1 is 1.29 bits per heavy atom. The van der Waals surface area contributed by atoms with E-state index in [1.807, 2.05) is 0 Å². The van der Waals surface area contributed by atoms with Crippen LogP contribution in [-0.4, -0.2) is 18.6 Å². The summed E-state index contributed by atoms with van der Waals surface area (Å²) in [5, 5.41) is 0.935. The predicted molar refractivity (Wildman–Crippen MR) is 59.2 cm³/mol. The fourth-order valence-corrected chi connectivity index (χ4v) is 1.83. The van der Waals surface area contributed by atoms with E-state index in [2.05, 4.69) is 21.4 Å². The number of anilines is 1. The van der Waals surface area contributed by atoms with Crippen molar-refractivity contribution in [2.45, 2.75) is 6.18 Å². The zero-order valence-corrected chi connectivity index (χ0v) is 10.0. The molecule has 0 radical (unpaired) electrons. The number of hydrogen-bond acceptors (Lipinski definition) is 2. The minimum absolute atomic E-state index is 0.393. The molecule has 0 aromatic heterocycles. The van der Waals surface area contributed by atoms with Crippen molar-refractivity contribution in [3.8, 4) is 0 Å². The lowest BCUT2D eigenvalue weighted by Gasteiger charge is -2.17. The summed E-state index contributed by atoms with van der Waals surface area (Å²) in [5.41, 5.74) is 2.84. The molecule has 0 aliphatic carbocycles. The number of carbonyl (C=O) groups is 1. The number of amides is 1. The number of alkyl halides is 3. The van der Waals surface area contributed by atoms with Crippen molar-refractivity contribution in [1.29, 1.82) is 0 Å². The van der Waals surface area contributed by atoms with E-state index in [4.69, 9.17) is 0 Å². The predicted octanol–water partition coefficient (Wildman–Crippen LogP) is 2.48. The van der Waals surface area contributed by atoms with Crippen molar-refractivity contribution < 1.29 is 18.0 Å². The Balaban J connectivity index is 2.21. The van der Waals surface area contributed by atoms with Gasteiger partial charge in [0.2, 0.25) is 0 Å².